The van der Waals surface area contributed by atoms with Crippen molar-refractivity contribution in [2.45, 2.75) is 33.2 Å². The standard InChI is InChI=1S/C18H21ClFN/c1-4-9-21-13(3)16-7-5-15(11-17(16)19)14-6-8-18(20)12(2)10-14/h5-8,10-11,13,21H,4,9H2,1-3H3. The summed E-state index contributed by atoms with van der Waals surface area (Å²) >= 11 is 6.41. The van der Waals surface area contributed by atoms with Crippen LogP contribution >= 0.6 is 11.6 Å². The summed E-state index contributed by atoms with van der Waals surface area (Å²) in [4.78, 5) is 0. The molecule has 112 valence electrons. The van der Waals surface area contributed by atoms with Crippen LogP contribution in [0.5, 0.6) is 0 Å². The Morgan fingerprint density at radius 1 is 1.14 bits per heavy atom. The summed E-state index contributed by atoms with van der Waals surface area (Å²) in [6, 6.07) is 11.4. The van der Waals surface area contributed by atoms with Gasteiger partial charge in [0, 0.05) is 11.1 Å². The largest absolute Gasteiger partial charge is 0.310 e. The van der Waals surface area contributed by atoms with Crippen LogP contribution in [0, 0.1) is 12.7 Å². The molecule has 21 heavy (non-hydrogen) atoms. The third-order valence-electron chi connectivity index (χ3n) is 3.66. The van der Waals surface area contributed by atoms with E-state index in [0.717, 1.165) is 34.7 Å². The first-order valence-corrected chi connectivity index (χ1v) is 7.70. The van der Waals surface area contributed by atoms with Gasteiger partial charge >= 0.3 is 0 Å². The Labute approximate surface area is 131 Å². The molecule has 0 aromatic heterocycles. The van der Waals surface area contributed by atoms with E-state index in [1.54, 1.807) is 13.0 Å². The SMILES string of the molecule is CCCNC(C)c1ccc(-c2ccc(F)c(C)c2)cc1Cl. The van der Waals surface area contributed by atoms with Gasteiger partial charge in [0.05, 0.1) is 0 Å². The molecule has 0 aliphatic heterocycles. The first-order valence-electron chi connectivity index (χ1n) is 7.32. The van der Waals surface area contributed by atoms with Crippen molar-refractivity contribution in [1.29, 1.82) is 0 Å². The van der Waals surface area contributed by atoms with E-state index in [0.29, 0.717) is 5.56 Å². The van der Waals surface area contributed by atoms with E-state index in [9.17, 15) is 4.39 Å². The lowest BCUT2D eigenvalue weighted by Gasteiger charge is -2.16. The highest BCUT2D eigenvalue weighted by Gasteiger charge is 2.10. The number of rotatable bonds is 5. The van der Waals surface area contributed by atoms with E-state index in [-0.39, 0.29) is 11.9 Å². The van der Waals surface area contributed by atoms with Crippen LogP contribution in [0.1, 0.15) is 37.4 Å². The molecule has 1 unspecified atom stereocenters. The predicted octanol–water partition coefficient (Wildman–Crippen LogP) is 5.52. The van der Waals surface area contributed by atoms with Gasteiger partial charge in [-0.2, -0.15) is 0 Å². The maximum atomic E-state index is 13.3. The van der Waals surface area contributed by atoms with Gasteiger partial charge in [0.1, 0.15) is 5.82 Å². The highest BCUT2D eigenvalue weighted by Crippen LogP contribution is 2.29. The highest BCUT2D eigenvalue weighted by molar-refractivity contribution is 6.31. The lowest BCUT2D eigenvalue weighted by atomic mass is 10.00. The van der Waals surface area contributed by atoms with Crippen LogP contribution in [0.25, 0.3) is 11.1 Å². The third-order valence-corrected chi connectivity index (χ3v) is 3.99. The fraction of sp³-hybridized carbons (Fsp3) is 0.333. The summed E-state index contributed by atoms with van der Waals surface area (Å²) in [5.74, 6) is -0.182. The molecule has 0 bridgehead atoms. The molecule has 1 nitrogen and oxygen atoms in total. The Bertz CT molecular complexity index is 625. The minimum Gasteiger partial charge on any atom is -0.310 e. The second-order valence-corrected chi connectivity index (χ2v) is 5.78. The van der Waals surface area contributed by atoms with Crippen molar-refractivity contribution in [2.75, 3.05) is 6.54 Å². The van der Waals surface area contributed by atoms with Gasteiger partial charge < -0.3 is 5.32 Å². The Morgan fingerprint density at radius 3 is 2.43 bits per heavy atom. The van der Waals surface area contributed by atoms with E-state index in [1.165, 1.54) is 6.07 Å². The van der Waals surface area contributed by atoms with Crippen molar-refractivity contribution in [2.24, 2.45) is 0 Å². The highest BCUT2D eigenvalue weighted by atomic mass is 35.5. The van der Waals surface area contributed by atoms with Gasteiger partial charge in [-0.1, -0.05) is 36.7 Å². The number of hydrogen-bond donors (Lipinski definition) is 1. The Morgan fingerprint density at radius 2 is 1.81 bits per heavy atom. The van der Waals surface area contributed by atoms with Crippen molar-refractivity contribution in [3.63, 3.8) is 0 Å². The summed E-state index contributed by atoms with van der Waals surface area (Å²) in [5.41, 5.74) is 3.73. The summed E-state index contributed by atoms with van der Waals surface area (Å²) in [6.07, 6.45) is 1.09. The van der Waals surface area contributed by atoms with Crippen LogP contribution in [0.2, 0.25) is 5.02 Å². The van der Waals surface area contributed by atoms with Gasteiger partial charge in [0.15, 0.2) is 0 Å². The van der Waals surface area contributed by atoms with Crippen LogP contribution in [0.4, 0.5) is 4.39 Å². The second kappa shape index (κ2) is 7.06. The molecule has 2 rings (SSSR count). The normalized spacial score (nSPS) is 12.4. The molecule has 0 aliphatic carbocycles. The van der Waals surface area contributed by atoms with Crippen LogP contribution in [-0.2, 0) is 0 Å². The Hall–Kier alpha value is -1.38. The first kappa shape index (κ1) is 16.0. The summed E-state index contributed by atoms with van der Waals surface area (Å²) < 4.78 is 13.3. The van der Waals surface area contributed by atoms with Gasteiger partial charge in [-0.3, -0.25) is 0 Å². The van der Waals surface area contributed by atoms with Gasteiger partial charge in [0.2, 0.25) is 0 Å². The maximum Gasteiger partial charge on any atom is 0.126 e. The van der Waals surface area contributed by atoms with E-state index in [4.69, 9.17) is 11.6 Å². The first-order chi connectivity index (χ1) is 10.0. The van der Waals surface area contributed by atoms with Crippen LogP contribution in [0.3, 0.4) is 0 Å². The molecule has 1 atom stereocenters. The molecule has 2 aromatic carbocycles. The fourth-order valence-corrected chi connectivity index (χ4v) is 2.70. The van der Waals surface area contributed by atoms with Gasteiger partial charge in [-0.15, -0.1) is 0 Å². The summed E-state index contributed by atoms with van der Waals surface area (Å²) in [5, 5.41) is 4.17. The lowest BCUT2D eigenvalue weighted by molar-refractivity contribution is 0.571. The molecule has 1 N–H and O–H groups in total. The number of hydrogen-bond acceptors (Lipinski definition) is 1. The molecule has 0 saturated heterocycles. The molecule has 0 amide bonds. The average molecular weight is 306 g/mol. The minimum absolute atomic E-state index is 0.182. The van der Waals surface area contributed by atoms with Gasteiger partial charge in [0.25, 0.3) is 0 Å². The smallest absolute Gasteiger partial charge is 0.126 e. The van der Waals surface area contributed by atoms with Crippen molar-refractivity contribution in [1.82, 2.24) is 5.32 Å². The molecular formula is C18H21ClFN. The summed E-state index contributed by atoms with van der Waals surface area (Å²) in [7, 11) is 0. The number of benzene rings is 2. The Balaban J connectivity index is 2.27. The molecule has 0 saturated carbocycles. The molecule has 0 spiro atoms. The zero-order chi connectivity index (χ0) is 15.4. The second-order valence-electron chi connectivity index (χ2n) is 5.38. The average Bonchev–Trinajstić information content (AvgIpc) is 2.47. The molecule has 0 heterocycles. The van der Waals surface area contributed by atoms with Crippen molar-refractivity contribution in [3.8, 4) is 11.1 Å². The molecule has 0 fully saturated rings. The van der Waals surface area contributed by atoms with Crippen molar-refractivity contribution < 1.29 is 4.39 Å². The topological polar surface area (TPSA) is 12.0 Å². The quantitative estimate of drug-likeness (QED) is 0.767. The fourth-order valence-electron chi connectivity index (χ4n) is 2.35. The van der Waals surface area contributed by atoms with E-state index >= 15 is 0 Å². The van der Waals surface area contributed by atoms with Crippen LogP contribution < -0.4 is 5.32 Å². The third kappa shape index (κ3) is 3.84. The molecule has 0 radical (unpaired) electrons. The number of aryl methyl sites for hydroxylation is 1. The summed E-state index contributed by atoms with van der Waals surface area (Å²) in [6.45, 7) is 6.99. The Kier molecular flexibility index (Phi) is 5.38. The monoisotopic (exact) mass is 305 g/mol. The van der Waals surface area contributed by atoms with E-state index < -0.39 is 0 Å². The molecule has 0 aliphatic rings. The lowest BCUT2D eigenvalue weighted by Crippen LogP contribution is -2.19. The molecule has 3 heteroatoms. The molecular weight excluding hydrogens is 285 g/mol. The van der Waals surface area contributed by atoms with E-state index in [2.05, 4.69) is 19.2 Å². The van der Waals surface area contributed by atoms with Gasteiger partial charge in [-0.25, -0.2) is 4.39 Å². The maximum absolute atomic E-state index is 13.3. The van der Waals surface area contributed by atoms with E-state index in [1.807, 2.05) is 24.3 Å². The van der Waals surface area contributed by atoms with Crippen LogP contribution in [0.15, 0.2) is 36.4 Å². The van der Waals surface area contributed by atoms with Crippen molar-refractivity contribution in [3.05, 3.63) is 58.4 Å². The van der Waals surface area contributed by atoms with Crippen molar-refractivity contribution >= 4 is 11.6 Å². The zero-order valence-corrected chi connectivity index (χ0v) is 13.5. The zero-order valence-electron chi connectivity index (χ0n) is 12.7. The number of halogens is 2. The number of nitrogens with one attached hydrogen (secondary N) is 1. The minimum atomic E-state index is -0.182. The molecule has 2 aromatic rings. The predicted molar refractivity (Wildman–Crippen MR) is 88.3 cm³/mol. The van der Waals surface area contributed by atoms with Crippen LogP contribution in [-0.4, -0.2) is 6.54 Å². The van der Waals surface area contributed by atoms with Gasteiger partial charge in [-0.05, 0) is 67.3 Å².